The summed E-state index contributed by atoms with van der Waals surface area (Å²) >= 11 is 0. The fourth-order valence-corrected chi connectivity index (χ4v) is 3.83. The number of amides is 1. The number of rotatable bonds is 5. The monoisotopic (exact) mass is 442 g/mol. The number of halogens is 4. The quantitative estimate of drug-likeness (QED) is 0.602. The molecule has 3 aromatic rings. The highest BCUT2D eigenvalue weighted by molar-refractivity contribution is 7.83. The van der Waals surface area contributed by atoms with Crippen LogP contribution in [0.4, 0.5) is 23.2 Å². The molecule has 4 rings (SSSR count). The number of furan rings is 1. The van der Waals surface area contributed by atoms with Gasteiger partial charge in [0.15, 0.2) is 16.7 Å². The van der Waals surface area contributed by atoms with Gasteiger partial charge in [0.2, 0.25) is 0 Å². The molecule has 1 N–H and O–H groups in total. The van der Waals surface area contributed by atoms with Crippen LogP contribution in [0.3, 0.4) is 0 Å². The van der Waals surface area contributed by atoms with Gasteiger partial charge >= 0.3 is 6.36 Å². The molecule has 0 radical (unpaired) electrons. The molecule has 0 saturated carbocycles. The van der Waals surface area contributed by atoms with E-state index < -0.39 is 34.8 Å². The lowest BCUT2D eigenvalue weighted by Crippen LogP contribution is -2.36. The number of carbonyl (C=O) groups is 1. The molecule has 1 atom stereocenters. The molecule has 1 aromatic heterocycles. The lowest BCUT2D eigenvalue weighted by atomic mass is 10.1. The second-order valence-corrected chi connectivity index (χ2v) is 7.67. The number of alkyl halides is 3. The summed E-state index contributed by atoms with van der Waals surface area (Å²) in [5.74, 6) is -2.59. The molecule has 1 saturated heterocycles. The van der Waals surface area contributed by atoms with Crippen molar-refractivity contribution in [1.82, 2.24) is 4.72 Å². The molecule has 1 unspecified atom stereocenters. The lowest BCUT2D eigenvalue weighted by Gasteiger charge is -2.33. The van der Waals surface area contributed by atoms with Crippen LogP contribution in [0.1, 0.15) is 17.0 Å². The Morgan fingerprint density at radius 3 is 2.57 bits per heavy atom. The van der Waals surface area contributed by atoms with Gasteiger partial charge < -0.3 is 14.1 Å². The first-order valence-electron chi connectivity index (χ1n) is 8.77. The van der Waals surface area contributed by atoms with E-state index in [-0.39, 0.29) is 21.6 Å². The molecule has 1 amide bonds. The van der Waals surface area contributed by atoms with Crippen LogP contribution in [-0.4, -0.2) is 29.6 Å². The molecule has 30 heavy (non-hydrogen) atoms. The predicted molar refractivity (Wildman–Crippen MR) is 100 cm³/mol. The van der Waals surface area contributed by atoms with Gasteiger partial charge in [-0.25, -0.2) is 8.60 Å². The summed E-state index contributed by atoms with van der Waals surface area (Å²) in [5.41, 5.74) is 0.753. The van der Waals surface area contributed by atoms with Crippen molar-refractivity contribution < 1.29 is 35.7 Å². The van der Waals surface area contributed by atoms with Crippen LogP contribution in [0.2, 0.25) is 0 Å². The number of ether oxygens (including phenoxy) is 1. The van der Waals surface area contributed by atoms with Crippen LogP contribution in [0.15, 0.2) is 51.8 Å². The Morgan fingerprint density at radius 1 is 1.17 bits per heavy atom. The first kappa shape index (κ1) is 20.2. The van der Waals surface area contributed by atoms with Crippen LogP contribution in [0.5, 0.6) is 5.75 Å². The third-order valence-electron chi connectivity index (χ3n) is 4.48. The average molecular weight is 442 g/mol. The summed E-state index contributed by atoms with van der Waals surface area (Å²) in [6.07, 6.45) is -3.99. The van der Waals surface area contributed by atoms with Crippen LogP contribution in [-0.2, 0) is 11.0 Å². The van der Waals surface area contributed by atoms with Crippen molar-refractivity contribution in [2.24, 2.45) is 0 Å². The van der Waals surface area contributed by atoms with Gasteiger partial charge in [-0.05, 0) is 24.6 Å². The highest BCUT2D eigenvalue weighted by atomic mass is 32.2. The smallest absolute Gasteiger partial charge is 0.451 e. The summed E-state index contributed by atoms with van der Waals surface area (Å²) < 4.78 is 75.6. The molecule has 158 valence electrons. The number of nitrogens with zero attached hydrogens (tertiary/aromatic N) is 1. The molecule has 1 fully saturated rings. The molecule has 2 aromatic carbocycles. The Bertz CT molecular complexity index is 1140. The Morgan fingerprint density at radius 2 is 1.90 bits per heavy atom. The third kappa shape index (κ3) is 4.11. The molecule has 0 spiro atoms. The highest BCUT2D eigenvalue weighted by Crippen LogP contribution is 2.31. The van der Waals surface area contributed by atoms with E-state index in [2.05, 4.69) is 4.74 Å². The largest absolute Gasteiger partial charge is 0.573 e. The second-order valence-electron chi connectivity index (χ2n) is 6.49. The molecule has 0 bridgehead atoms. The van der Waals surface area contributed by atoms with E-state index in [0.717, 1.165) is 37.7 Å². The van der Waals surface area contributed by atoms with Crippen molar-refractivity contribution in [3.8, 4) is 5.75 Å². The molecule has 1 aliphatic rings. The van der Waals surface area contributed by atoms with Crippen LogP contribution in [0, 0.1) is 5.82 Å². The van der Waals surface area contributed by atoms with E-state index in [1.165, 1.54) is 18.2 Å². The summed E-state index contributed by atoms with van der Waals surface area (Å²) in [6, 6.07) is 8.78. The number of hydrogen-bond acceptors (Lipinski definition) is 5. The van der Waals surface area contributed by atoms with E-state index in [1.807, 2.05) is 9.62 Å². The van der Waals surface area contributed by atoms with Crippen LogP contribution in [0.25, 0.3) is 11.0 Å². The van der Waals surface area contributed by atoms with Gasteiger partial charge in [-0.3, -0.25) is 9.52 Å². The van der Waals surface area contributed by atoms with Crippen molar-refractivity contribution in [2.75, 3.05) is 18.0 Å². The minimum Gasteiger partial charge on any atom is -0.451 e. The van der Waals surface area contributed by atoms with Gasteiger partial charge in [0.25, 0.3) is 5.91 Å². The van der Waals surface area contributed by atoms with Gasteiger partial charge in [-0.2, -0.15) is 0 Å². The molecular weight excluding hydrogens is 428 g/mol. The van der Waals surface area contributed by atoms with Gasteiger partial charge in [0, 0.05) is 30.9 Å². The standard InChI is InChI=1S/C19H14F4N2O4S/c20-13-8-11(25-6-3-7-25)9-15-12(13)10-16(28-15)18(26)24-30(27)17-5-2-1-4-14(17)29-19(21,22)23/h1-2,4-5,8-10H,3,6-7H2,(H,24,26). The van der Waals surface area contributed by atoms with E-state index >= 15 is 0 Å². The zero-order valence-corrected chi connectivity index (χ0v) is 16.0. The van der Waals surface area contributed by atoms with E-state index in [4.69, 9.17) is 4.42 Å². The summed E-state index contributed by atoms with van der Waals surface area (Å²) in [7, 11) is -2.38. The third-order valence-corrected chi connectivity index (χ3v) is 5.58. The fourth-order valence-electron chi connectivity index (χ4n) is 2.95. The molecule has 11 heteroatoms. The fraction of sp³-hybridized carbons (Fsp3) is 0.211. The Kier molecular flexibility index (Phi) is 5.14. The topological polar surface area (TPSA) is 71.8 Å². The zero-order chi connectivity index (χ0) is 21.5. The van der Waals surface area contributed by atoms with Gasteiger partial charge in [-0.1, -0.05) is 12.1 Å². The van der Waals surface area contributed by atoms with Gasteiger partial charge in [0.1, 0.15) is 22.0 Å². The summed E-state index contributed by atoms with van der Waals surface area (Å²) in [6.45, 7) is 1.58. The zero-order valence-electron chi connectivity index (χ0n) is 15.2. The summed E-state index contributed by atoms with van der Waals surface area (Å²) in [4.78, 5) is 14.0. The predicted octanol–water partition coefficient (Wildman–Crippen LogP) is 4.13. The molecule has 0 aliphatic carbocycles. The minimum absolute atomic E-state index is 0.0658. The number of nitrogens with one attached hydrogen (secondary N) is 1. The first-order valence-corrected chi connectivity index (χ1v) is 9.92. The molecule has 6 nitrogen and oxygen atoms in total. The Balaban J connectivity index is 1.56. The molecule has 1 aliphatic heterocycles. The first-order chi connectivity index (χ1) is 14.2. The number of fused-ring (bicyclic) bond motifs is 1. The number of carbonyl (C=O) groups excluding carboxylic acids is 1. The minimum atomic E-state index is -4.99. The molecular formula is C19H14F4N2O4S. The number of anilines is 1. The van der Waals surface area contributed by atoms with Crippen molar-refractivity contribution in [1.29, 1.82) is 0 Å². The highest BCUT2D eigenvalue weighted by Gasteiger charge is 2.33. The van der Waals surface area contributed by atoms with Crippen molar-refractivity contribution in [2.45, 2.75) is 17.7 Å². The lowest BCUT2D eigenvalue weighted by molar-refractivity contribution is -0.275. The Hall–Kier alpha value is -3.08. The van der Waals surface area contributed by atoms with Crippen molar-refractivity contribution in [3.05, 3.63) is 54.0 Å². The van der Waals surface area contributed by atoms with Crippen LogP contribution < -0.4 is 14.4 Å². The number of hydrogen-bond donors (Lipinski definition) is 1. The van der Waals surface area contributed by atoms with E-state index in [1.54, 1.807) is 6.07 Å². The van der Waals surface area contributed by atoms with Gasteiger partial charge in [0.05, 0.1) is 5.39 Å². The normalized spacial score (nSPS) is 15.0. The van der Waals surface area contributed by atoms with E-state index in [0.29, 0.717) is 5.69 Å². The number of para-hydroxylation sites is 1. The summed E-state index contributed by atoms with van der Waals surface area (Å²) in [5, 5.41) is 0.0658. The maximum absolute atomic E-state index is 14.4. The van der Waals surface area contributed by atoms with Crippen molar-refractivity contribution >= 4 is 33.5 Å². The van der Waals surface area contributed by atoms with Gasteiger partial charge in [-0.15, -0.1) is 13.2 Å². The Labute approximate surface area is 170 Å². The van der Waals surface area contributed by atoms with Crippen molar-refractivity contribution in [3.63, 3.8) is 0 Å². The second kappa shape index (κ2) is 7.63. The maximum Gasteiger partial charge on any atom is 0.573 e. The SMILES string of the molecule is O=C(NS(=O)c1ccccc1OC(F)(F)F)c1cc2c(F)cc(N3CCC3)cc2o1. The molecule has 2 heterocycles. The van der Waals surface area contributed by atoms with E-state index in [9.17, 15) is 26.6 Å². The maximum atomic E-state index is 14.4. The number of benzene rings is 2. The van der Waals surface area contributed by atoms with Crippen LogP contribution >= 0.6 is 0 Å². The average Bonchev–Trinajstić information content (AvgIpc) is 3.04.